The van der Waals surface area contributed by atoms with Gasteiger partial charge in [0.1, 0.15) is 0 Å². The van der Waals surface area contributed by atoms with Crippen LogP contribution in [-0.2, 0) is 28.2 Å². The molecule has 2 fully saturated rings. The van der Waals surface area contributed by atoms with Gasteiger partial charge in [-0.3, -0.25) is 9.59 Å². The maximum atomic E-state index is 14.2. The topological polar surface area (TPSA) is 77.5 Å². The first-order chi connectivity index (χ1) is 20.5. The third-order valence-electron chi connectivity index (χ3n) is 10.3. The molecule has 0 spiro atoms. The van der Waals surface area contributed by atoms with Gasteiger partial charge in [-0.1, -0.05) is 38.1 Å². The molecule has 2 aromatic carbocycles. The first-order valence-corrected chi connectivity index (χ1v) is 15.9. The highest BCUT2D eigenvalue weighted by Crippen LogP contribution is 2.47. The van der Waals surface area contributed by atoms with E-state index in [-0.39, 0.29) is 11.8 Å². The molecule has 10 heteroatoms. The number of nitrogens with zero attached hydrogens (tertiary/aromatic N) is 2. The van der Waals surface area contributed by atoms with Gasteiger partial charge in [0.05, 0.1) is 44.9 Å². The minimum absolute atomic E-state index is 0.157. The second-order valence-electron chi connectivity index (χ2n) is 14.4. The Balaban J connectivity index is 1.46. The average Bonchev–Trinajstić information content (AvgIpc) is 3.53. The van der Waals surface area contributed by atoms with Crippen LogP contribution in [0.5, 0.6) is 0 Å². The summed E-state index contributed by atoms with van der Waals surface area (Å²) in [6.45, 7) is 21.4. The first kappa shape index (κ1) is 31.1. The van der Waals surface area contributed by atoms with Gasteiger partial charge in [0, 0.05) is 24.2 Å². The second-order valence-corrected chi connectivity index (χ2v) is 14.4. The standard InChI is InChI=1S/C34H44B2N2O6/c1-11-17-37-25-19-21(35-41-31(3,4)32(5,6)42-35)13-15-23(25)27(29(37)39)28-24-16-14-22(20-26(24)38(18-12-2)30(28)40)36-43-33(7,8)34(9,10)44-36/h13-16,19-20H,11-12,17-18H2,1-10H3. The summed E-state index contributed by atoms with van der Waals surface area (Å²) in [5.74, 6) is -0.314. The van der Waals surface area contributed by atoms with E-state index in [0.717, 1.165) is 46.3 Å². The van der Waals surface area contributed by atoms with E-state index in [4.69, 9.17) is 18.6 Å². The van der Waals surface area contributed by atoms with Crippen LogP contribution in [0.15, 0.2) is 36.4 Å². The lowest BCUT2D eigenvalue weighted by Gasteiger charge is -2.32. The molecule has 4 heterocycles. The van der Waals surface area contributed by atoms with Gasteiger partial charge in [-0.05, 0) is 91.3 Å². The first-order valence-electron chi connectivity index (χ1n) is 15.9. The molecule has 0 atom stereocenters. The molecule has 0 unspecified atom stereocenters. The number of hydrogen-bond donors (Lipinski definition) is 0. The maximum Gasteiger partial charge on any atom is 0.494 e. The van der Waals surface area contributed by atoms with E-state index < -0.39 is 36.6 Å². The third kappa shape index (κ3) is 4.60. The molecule has 0 aromatic heterocycles. The predicted molar refractivity (Wildman–Crippen MR) is 176 cm³/mol. The summed E-state index contributed by atoms with van der Waals surface area (Å²) in [5, 5.41) is 0. The van der Waals surface area contributed by atoms with Gasteiger partial charge in [0.2, 0.25) is 0 Å². The van der Waals surface area contributed by atoms with E-state index in [9.17, 15) is 9.59 Å². The van der Waals surface area contributed by atoms with Gasteiger partial charge in [0.15, 0.2) is 0 Å². The second kappa shape index (κ2) is 10.3. The van der Waals surface area contributed by atoms with E-state index in [1.54, 1.807) is 9.80 Å². The molecule has 0 N–H and O–H groups in total. The molecule has 0 radical (unpaired) electrons. The highest BCUT2D eigenvalue weighted by Gasteiger charge is 2.53. The number of anilines is 2. The van der Waals surface area contributed by atoms with Gasteiger partial charge >= 0.3 is 14.2 Å². The Bertz CT molecular complexity index is 1430. The number of amides is 2. The molecule has 6 rings (SSSR count). The van der Waals surface area contributed by atoms with Gasteiger partial charge in [-0.2, -0.15) is 0 Å². The third-order valence-corrected chi connectivity index (χ3v) is 10.3. The lowest BCUT2D eigenvalue weighted by molar-refractivity contribution is -0.114. The zero-order valence-corrected chi connectivity index (χ0v) is 27.8. The van der Waals surface area contributed by atoms with Crippen molar-refractivity contribution in [1.29, 1.82) is 0 Å². The van der Waals surface area contributed by atoms with Crippen molar-refractivity contribution in [2.24, 2.45) is 0 Å². The molecule has 4 aliphatic heterocycles. The van der Waals surface area contributed by atoms with Crippen LogP contribution in [-0.4, -0.2) is 61.5 Å². The zero-order valence-electron chi connectivity index (χ0n) is 27.8. The van der Waals surface area contributed by atoms with Crippen LogP contribution >= 0.6 is 0 Å². The highest BCUT2D eigenvalue weighted by molar-refractivity contribution is 6.63. The maximum absolute atomic E-state index is 14.2. The van der Waals surface area contributed by atoms with Crippen LogP contribution in [0.25, 0.3) is 11.1 Å². The van der Waals surface area contributed by atoms with Crippen molar-refractivity contribution in [3.8, 4) is 0 Å². The quantitative estimate of drug-likeness (QED) is 0.355. The Hall–Kier alpha value is -2.91. The Morgan fingerprint density at radius 3 is 1.18 bits per heavy atom. The van der Waals surface area contributed by atoms with Gasteiger partial charge in [-0.25, -0.2) is 0 Å². The van der Waals surface area contributed by atoms with E-state index in [0.29, 0.717) is 24.2 Å². The average molecular weight is 598 g/mol. The van der Waals surface area contributed by atoms with Crippen molar-refractivity contribution in [2.45, 2.75) is 104 Å². The zero-order chi connectivity index (χ0) is 32.0. The SMILES string of the molecule is CCCN1C(=O)C(=C2C(=O)N(CCC)c3cc(B4OC(C)(C)C(C)(C)O4)ccc32)c2ccc(B3OC(C)(C)C(C)(C)O3)cc21. The molecule has 4 aliphatic rings. The number of fused-ring (bicyclic) bond motifs is 2. The summed E-state index contributed by atoms with van der Waals surface area (Å²) in [6.07, 6.45) is 1.55. The van der Waals surface area contributed by atoms with Crippen molar-refractivity contribution < 1.29 is 28.2 Å². The number of carbonyl (C=O) groups excluding carboxylic acids is 2. The van der Waals surface area contributed by atoms with Crippen LogP contribution in [0.3, 0.4) is 0 Å². The van der Waals surface area contributed by atoms with E-state index >= 15 is 0 Å². The monoisotopic (exact) mass is 598 g/mol. The lowest BCUT2D eigenvalue weighted by atomic mass is 9.77. The largest absolute Gasteiger partial charge is 0.494 e. The molecule has 2 aromatic rings. The fraction of sp³-hybridized carbons (Fsp3) is 0.529. The summed E-state index contributed by atoms with van der Waals surface area (Å²) in [4.78, 5) is 32.0. The lowest BCUT2D eigenvalue weighted by Crippen LogP contribution is -2.41. The van der Waals surface area contributed by atoms with Crippen LogP contribution < -0.4 is 20.7 Å². The summed E-state index contributed by atoms with van der Waals surface area (Å²) in [7, 11) is -1.11. The molecule has 0 saturated carbocycles. The van der Waals surface area contributed by atoms with Crippen LogP contribution in [0, 0.1) is 0 Å². The Morgan fingerprint density at radius 1 is 0.568 bits per heavy atom. The molecule has 44 heavy (non-hydrogen) atoms. The van der Waals surface area contributed by atoms with Crippen molar-refractivity contribution in [3.05, 3.63) is 47.5 Å². The van der Waals surface area contributed by atoms with Crippen LogP contribution in [0.1, 0.15) is 93.2 Å². The molecule has 2 amide bonds. The fourth-order valence-electron chi connectivity index (χ4n) is 6.31. The van der Waals surface area contributed by atoms with Gasteiger partial charge in [-0.15, -0.1) is 0 Å². The molecule has 0 bridgehead atoms. The summed E-state index contributed by atoms with van der Waals surface area (Å²) >= 11 is 0. The van der Waals surface area contributed by atoms with Gasteiger partial charge in [0.25, 0.3) is 11.8 Å². The Morgan fingerprint density at radius 2 is 0.886 bits per heavy atom. The highest BCUT2D eigenvalue weighted by atomic mass is 16.7. The molecule has 8 nitrogen and oxygen atoms in total. The minimum Gasteiger partial charge on any atom is -0.399 e. The van der Waals surface area contributed by atoms with Crippen molar-refractivity contribution in [1.82, 2.24) is 0 Å². The normalized spacial score (nSPS) is 24.5. The van der Waals surface area contributed by atoms with Crippen molar-refractivity contribution in [3.63, 3.8) is 0 Å². The van der Waals surface area contributed by atoms with Crippen LogP contribution in [0.4, 0.5) is 11.4 Å². The molecule has 2 saturated heterocycles. The molecule has 232 valence electrons. The van der Waals surface area contributed by atoms with E-state index in [1.807, 2.05) is 106 Å². The van der Waals surface area contributed by atoms with Crippen LogP contribution in [0.2, 0.25) is 0 Å². The van der Waals surface area contributed by atoms with E-state index in [1.165, 1.54) is 0 Å². The Labute approximate surface area is 262 Å². The Kier molecular flexibility index (Phi) is 7.28. The van der Waals surface area contributed by atoms with E-state index in [2.05, 4.69) is 0 Å². The smallest absolute Gasteiger partial charge is 0.399 e. The number of rotatable bonds is 6. The fourth-order valence-corrected chi connectivity index (χ4v) is 6.31. The molecule has 0 aliphatic carbocycles. The van der Waals surface area contributed by atoms with Gasteiger partial charge < -0.3 is 28.4 Å². The van der Waals surface area contributed by atoms with Crippen molar-refractivity contribution >= 4 is 59.5 Å². The summed E-state index contributed by atoms with van der Waals surface area (Å²) in [6, 6.07) is 11.8. The number of benzene rings is 2. The predicted octanol–water partition coefficient (Wildman–Crippen LogP) is 4.71. The summed E-state index contributed by atoms with van der Waals surface area (Å²) in [5.41, 5.74) is 3.74. The minimum atomic E-state index is -0.553. The number of carbonyl (C=O) groups is 2. The summed E-state index contributed by atoms with van der Waals surface area (Å²) < 4.78 is 25.3. The molecular formula is C34H44B2N2O6. The number of hydrogen-bond acceptors (Lipinski definition) is 6. The molecular weight excluding hydrogens is 554 g/mol. The van der Waals surface area contributed by atoms with Crippen molar-refractivity contribution in [2.75, 3.05) is 22.9 Å².